The summed E-state index contributed by atoms with van der Waals surface area (Å²) in [4.78, 5) is 14.3. The van der Waals surface area contributed by atoms with Crippen LogP contribution in [0.15, 0.2) is 52.6 Å². The third-order valence-corrected chi connectivity index (χ3v) is 0.471. The van der Waals surface area contributed by atoms with Crippen molar-refractivity contribution >= 4 is 8.25 Å². The van der Waals surface area contributed by atoms with Gasteiger partial charge in [0.25, 0.3) is 0 Å². The molecule has 17 heavy (non-hydrogen) atoms. The number of hydrogen-bond donors (Lipinski definition) is 4. The van der Waals surface area contributed by atoms with Crippen molar-refractivity contribution in [2.24, 2.45) is 11.5 Å². The van der Waals surface area contributed by atoms with Crippen LogP contribution >= 0.6 is 8.25 Å². The van der Waals surface area contributed by atoms with E-state index in [0.717, 1.165) is 6.42 Å². The summed E-state index contributed by atoms with van der Waals surface area (Å²) in [5.74, 6) is 0. The van der Waals surface area contributed by atoms with E-state index in [1.807, 2.05) is 6.92 Å². The molecule has 0 aliphatic carbocycles. The van der Waals surface area contributed by atoms with Gasteiger partial charge in [-0.15, -0.1) is 52.6 Å². The largest absolute Gasteiger partial charge is 0.326 e. The lowest BCUT2D eigenvalue weighted by molar-refractivity contribution is 0.405. The van der Waals surface area contributed by atoms with Gasteiger partial charge in [0, 0.05) is 0 Å². The van der Waals surface area contributed by atoms with Crippen molar-refractivity contribution in [3.63, 3.8) is 0 Å². The highest BCUT2D eigenvalue weighted by Gasteiger charge is 1.79. The van der Waals surface area contributed by atoms with E-state index in [9.17, 15) is 0 Å². The minimum absolute atomic E-state index is 0.116. The van der Waals surface area contributed by atoms with Gasteiger partial charge in [0.05, 0.1) is 6.17 Å². The van der Waals surface area contributed by atoms with Crippen molar-refractivity contribution in [2.75, 3.05) is 0 Å². The fraction of sp³-hybridized carbons (Fsp3) is 0.273. The van der Waals surface area contributed by atoms with Gasteiger partial charge in [-0.2, -0.15) is 0 Å². The van der Waals surface area contributed by atoms with Crippen LogP contribution in [0.3, 0.4) is 0 Å². The van der Waals surface area contributed by atoms with Gasteiger partial charge >= 0.3 is 8.25 Å². The van der Waals surface area contributed by atoms with Crippen LogP contribution in [0.25, 0.3) is 0 Å². The zero-order valence-corrected chi connectivity index (χ0v) is 11.9. The Balaban J connectivity index is -0.0000000228. The molecule has 0 rings (SSSR count). The topological polar surface area (TPSA) is 110 Å². The summed E-state index contributed by atoms with van der Waals surface area (Å²) >= 11 is 0. The Kier molecular flexibility index (Phi) is 172. The van der Waals surface area contributed by atoms with E-state index in [1.165, 1.54) is 0 Å². The Morgan fingerprint density at radius 2 is 1.00 bits per heavy atom. The molecule has 0 aromatic carbocycles. The zero-order chi connectivity index (χ0) is 15.9. The zero-order valence-electron chi connectivity index (χ0n) is 10.9. The Labute approximate surface area is 107 Å². The molecule has 0 aliphatic heterocycles. The molecule has 0 amide bonds. The first-order chi connectivity index (χ1) is 8.00. The molecule has 0 fully saturated rings. The molecule has 5 nitrogen and oxygen atoms in total. The van der Waals surface area contributed by atoms with Crippen LogP contribution < -0.4 is 11.5 Å². The molecule has 0 radical (unpaired) electrons. The normalized spacial score (nSPS) is 5.82. The number of hydrogen-bond acceptors (Lipinski definition) is 3. The third-order valence-electron chi connectivity index (χ3n) is 0.471. The summed E-state index contributed by atoms with van der Waals surface area (Å²) in [6, 6.07) is 0. The molecule has 0 unspecified atom stereocenters. The lowest BCUT2D eigenvalue weighted by atomic mass is 10.4. The van der Waals surface area contributed by atoms with Crippen LogP contribution in [-0.2, 0) is 4.57 Å². The second-order valence-corrected chi connectivity index (χ2v) is 1.92. The van der Waals surface area contributed by atoms with E-state index in [0.29, 0.717) is 0 Å². The summed E-state index contributed by atoms with van der Waals surface area (Å²) in [6.07, 6.45) is 0.745. The molecule has 0 saturated heterocycles. The van der Waals surface area contributed by atoms with E-state index in [1.54, 1.807) is 0 Å². The van der Waals surface area contributed by atoms with Gasteiger partial charge in [-0.05, 0) is 6.42 Å². The van der Waals surface area contributed by atoms with Gasteiger partial charge in [-0.25, -0.2) is 0 Å². The predicted octanol–water partition coefficient (Wildman–Crippen LogP) is 2.21. The van der Waals surface area contributed by atoms with Crippen molar-refractivity contribution < 1.29 is 14.4 Å². The first-order valence-electron chi connectivity index (χ1n) is 4.43. The molecule has 6 N–H and O–H groups in total. The van der Waals surface area contributed by atoms with Gasteiger partial charge in [0.1, 0.15) is 0 Å². The molecule has 6 heteroatoms. The van der Waals surface area contributed by atoms with Crippen LogP contribution in [-0.4, -0.2) is 16.0 Å². The molecule has 0 atom stereocenters. The van der Waals surface area contributed by atoms with Gasteiger partial charge in [-0.1, -0.05) is 6.92 Å². The first kappa shape index (κ1) is 36.0. The average molecular weight is 268 g/mol. The summed E-state index contributed by atoms with van der Waals surface area (Å²) in [5, 5.41) is 0. The summed E-state index contributed by atoms with van der Waals surface area (Å²) in [6.45, 7) is 25.9. The van der Waals surface area contributed by atoms with Gasteiger partial charge in [0.2, 0.25) is 0 Å². The Morgan fingerprint density at radius 1 is 0.941 bits per heavy atom. The third kappa shape index (κ3) is 2410. The van der Waals surface area contributed by atoms with E-state index < -0.39 is 8.25 Å². The summed E-state index contributed by atoms with van der Waals surface area (Å²) < 4.78 is 8.74. The van der Waals surface area contributed by atoms with Gasteiger partial charge < -0.3 is 21.3 Å². The first-order valence-corrected chi connectivity index (χ1v) is 5.74. The molecular weight excluding hydrogens is 239 g/mol. The monoisotopic (exact) mass is 268 g/mol. The number of rotatable bonds is 1. The minimum Gasteiger partial charge on any atom is -0.326 e. The van der Waals surface area contributed by atoms with Crippen LogP contribution in [0, 0.1) is 0 Å². The SMILES string of the molecule is C=C.C=C.C=C.C=C.CCC(N)N.O=[PH](O)O. The van der Waals surface area contributed by atoms with Crippen LogP contribution in [0.5, 0.6) is 0 Å². The highest BCUT2D eigenvalue weighted by molar-refractivity contribution is 7.30. The second-order valence-electron chi connectivity index (χ2n) is 1.35. The van der Waals surface area contributed by atoms with E-state index in [4.69, 9.17) is 25.8 Å². The average Bonchev–Trinajstić information content (AvgIpc) is 2.38. The molecule has 0 spiro atoms. The minimum atomic E-state index is -3.13. The molecule has 0 saturated carbocycles. The number of nitrogens with two attached hydrogens (primary N) is 2. The van der Waals surface area contributed by atoms with Crippen molar-refractivity contribution in [1.82, 2.24) is 0 Å². The maximum absolute atomic E-state index is 8.74. The van der Waals surface area contributed by atoms with Gasteiger partial charge in [-0.3, -0.25) is 4.57 Å². The van der Waals surface area contributed by atoms with Crippen molar-refractivity contribution in [1.29, 1.82) is 0 Å². The molecule has 106 valence electrons. The molecule has 0 aromatic heterocycles. The van der Waals surface area contributed by atoms with Crippen molar-refractivity contribution in [3.05, 3.63) is 52.6 Å². The maximum Gasteiger partial charge on any atom is 0.314 e. The molecule has 0 heterocycles. The van der Waals surface area contributed by atoms with Crippen molar-refractivity contribution in [2.45, 2.75) is 19.5 Å². The Hall–Kier alpha value is -0.970. The Bertz CT molecular complexity index is 113. The van der Waals surface area contributed by atoms with Gasteiger partial charge in [0.15, 0.2) is 0 Å². The van der Waals surface area contributed by atoms with Crippen LogP contribution in [0.1, 0.15) is 13.3 Å². The quantitative estimate of drug-likeness (QED) is 0.331. The van der Waals surface area contributed by atoms with Crippen molar-refractivity contribution in [3.8, 4) is 0 Å². The maximum atomic E-state index is 8.74. The molecular formula is C11H29N2O3P. The van der Waals surface area contributed by atoms with E-state index in [-0.39, 0.29) is 6.17 Å². The second kappa shape index (κ2) is 81.4. The summed E-state index contributed by atoms with van der Waals surface area (Å²) in [7, 11) is -3.13. The summed E-state index contributed by atoms with van der Waals surface area (Å²) in [5.41, 5.74) is 10.1. The predicted molar refractivity (Wildman–Crippen MR) is 80.9 cm³/mol. The smallest absolute Gasteiger partial charge is 0.314 e. The Morgan fingerprint density at radius 3 is 1.00 bits per heavy atom. The lowest BCUT2D eigenvalue weighted by Crippen LogP contribution is -2.28. The van der Waals surface area contributed by atoms with E-state index in [2.05, 4.69) is 52.6 Å². The highest BCUT2D eigenvalue weighted by atomic mass is 31.1. The molecule has 0 bridgehead atoms. The molecule has 0 aromatic rings. The van der Waals surface area contributed by atoms with Crippen LogP contribution in [0.2, 0.25) is 0 Å². The van der Waals surface area contributed by atoms with Crippen LogP contribution in [0.4, 0.5) is 0 Å². The lowest BCUT2D eigenvalue weighted by Gasteiger charge is -1.92. The fourth-order valence-electron chi connectivity index (χ4n) is 0. The van der Waals surface area contributed by atoms with E-state index >= 15 is 0 Å². The highest BCUT2D eigenvalue weighted by Crippen LogP contribution is 1.98. The fourth-order valence-corrected chi connectivity index (χ4v) is 0. The molecule has 0 aliphatic rings. The standard InChI is InChI=1S/C3H10N2.4C2H4.H3O3P/c1-2-3(4)5;4*1-2;1-4(2)3/h3H,2,4-5H2,1H3;4*1-2H2;4H,(H2,1,2,3).